The van der Waals surface area contributed by atoms with Crippen molar-refractivity contribution in [1.29, 1.82) is 5.41 Å². The summed E-state index contributed by atoms with van der Waals surface area (Å²) in [6, 6.07) is 8.26. The van der Waals surface area contributed by atoms with Gasteiger partial charge in [-0.2, -0.15) is 0 Å². The molecule has 0 aliphatic rings. The highest BCUT2D eigenvalue weighted by Crippen LogP contribution is 2.25. The minimum Gasteiger partial charge on any atom is -0.486 e. The second-order valence-corrected chi connectivity index (χ2v) is 4.51. The molecule has 0 atom stereocenters. The SMILES string of the molecule is N=C(N)c1cc(F)cc(COc2cccc(Cl)c2F)c1. The number of nitrogen functional groups attached to an aromatic ring is 1. The maximum absolute atomic E-state index is 13.6. The number of hydrogen-bond acceptors (Lipinski definition) is 2. The number of rotatable bonds is 4. The van der Waals surface area contributed by atoms with Crippen molar-refractivity contribution < 1.29 is 13.5 Å². The first-order valence-corrected chi connectivity index (χ1v) is 6.06. The molecule has 0 unspecified atom stereocenters. The minimum atomic E-state index is -0.669. The van der Waals surface area contributed by atoms with Gasteiger partial charge < -0.3 is 10.5 Å². The molecular formula is C14H11ClF2N2O. The quantitative estimate of drug-likeness (QED) is 0.670. The maximum Gasteiger partial charge on any atom is 0.183 e. The summed E-state index contributed by atoms with van der Waals surface area (Å²) in [5.74, 6) is -1.48. The van der Waals surface area contributed by atoms with Crippen molar-refractivity contribution in [2.24, 2.45) is 5.73 Å². The van der Waals surface area contributed by atoms with Crippen LogP contribution in [0.25, 0.3) is 0 Å². The van der Waals surface area contributed by atoms with Crippen LogP contribution >= 0.6 is 11.6 Å². The molecule has 104 valence electrons. The normalized spacial score (nSPS) is 10.3. The molecule has 0 saturated carbocycles. The van der Waals surface area contributed by atoms with Gasteiger partial charge in [-0.1, -0.05) is 17.7 Å². The van der Waals surface area contributed by atoms with Crippen molar-refractivity contribution >= 4 is 17.4 Å². The van der Waals surface area contributed by atoms with Gasteiger partial charge in [0.05, 0.1) is 5.02 Å². The minimum absolute atomic E-state index is 0.0221. The van der Waals surface area contributed by atoms with E-state index in [0.717, 1.165) is 6.07 Å². The van der Waals surface area contributed by atoms with Crippen LogP contribution in [0.1, 0.15) is 11.1 Å². The molecule has 0 fully saturated rings. The molecule has 0 aromatic heterocycles. The topological polar surface area (TPSA) is 59.1 Å². The Balaban J connectivity index is 2.19. The molecule has 2 aromatic carbocycles. The zero-order valence-corrected chi connectivity index (χ0v) is 11.0. The van der Waals surface area contributed by atoms with Crippen LogP contribution < -0.4 is 10.5 Å². The fourth-order valence-electron chi connectivity index (χ4n) is 1.65. The highest BCUT2D eigenvalue weighted by molar-refractivity contribution is 6.30. The molecule has 0 saturated heterocycles. The molecule has 0 aliphatic carbocycles. The molecule has 0 heterocycles. The average molecular weight is 297 g/mol. The smallest absolute Gasteiger partial charge is 0.183 e. The van der Waals surface area contributed by atoms with E-state index in [4.69, 9.17) is 27.5 Å². The van der Waals surface area contributed by atoms with Crippen LogP contribution in [0.2, 0.25) is 5.02 Å². The Morgan fingerprint density at radius 3 is 2.70 bits per heavy atom. The molecular weight excluding hydrogens is 286 g/mol. The lowest BCUT2D eigenvalue weighted by Crippen LogP contribution is -2.12. The summed E-state index contributed by atoms with van der Waals surface area (Å²) < 4.78 is 32.2. The third-order valence-corrected chi connectivity index (χ3v) is 2.87. The highest BCUT2D eigenvalue weighted by Gasteiger charge is 2.09. The molecule has 2 rings (SSSR count). The van der Waals surface area contributed by atoms with E-state index in [9.17, 15) is 8.78 Å². The van der Waals surface area contributed by atoms with Crippen molar-refractivity contribution in [3.8, 4) is 5.75 Å². The number of amidine groups is 1. The lowest BCUT2D eigenvalue weighted by molar-refractivity contribution is 0.290. The van der Waals surface area contributed by atoms with E-state index in [-0.39, 0.29) is 28.8 Å². The summed E-state index contributed by atoms with van der Waals surface area (Å²) in [4.78, 5) is 0. The van der Waals surface area contributed by atoms with Crippen LogP contribution in [0.3, 0.4) is 0 Å². The highest BCUT2D eigenvalue weighted by atomic mass is 35.5. The van der Waals surface area contributed by atoms with Gasteiger partial charge in [-0.05, 0) is 35.9 Å². The van der Waals surface area contributed by atoms with E-state index in [0.29, 0.717) is 5.56 Å². The Kier molecular flexibility index (Phi) is 4.20. The van der Waals surface area contributed by atoms with Gasteiger partial charge in [-0.25, -0.2) is 8.78 Å². The van der Waals surface area contributed by atoms with Gasteiger partial charge in [-0.15, -0.1) is 0 Å². The first kappa shape index (κ1) is 14.3. The van der Waals surface area contributed by atoms with Gasteiger partial charge in [0, 0.05) is 5.56 Å². The number of ether oxygens (including phenoxy) is 1. The number of nitrogens with two attached hydrogens (primary N) is 1. The third-order valence-electron chi connectivity index (χ3n) is 2.58. The molecule has 0 bridgehead atoms. The van der Waals surface area contributed by atoms with Gasteiger partial charge in [-0.3, -0.25) is 5.41 Å². The molecule has 0 aliphatic heterocycles. The fraction of sp³-hybridized carbons (Fsp3) is 0.0714. The maximum atomic E-state index is 13.6. The Labute approximate surface area is 119 Å². The third kappa shape index (κ3) is 3.24. The largest absolute Gasteiger partial charge is 0.486 e. The molecule has 0 amide bonds. The number of halogens is 3. The molecule has 3 N–H and O–H groups in total. The predicted octanol–water partition coefficient (Wildman–Crippen LogP) is 3.48. The van der Waals surface area contributed by atoms with Gasteiger partial charge in [0.2, 0.25) is 0 Å². The van der Waals surface area contributed by atoms with Crippen molar-refractivity contribution in [3.63, 3.8) is 0 Å². The molecule has 0 radical (unpaired) electrons. The Morgan fingerprint density at radius 1 is 1.25 bits per heavy atom. The van der Waals surface area contributed by atoms with E-state index < -0.39 is 11.6 Å². The van der Waals surface area contributed by atoms with Crippen LogP contribution in [-0.2, 0) is 6.61 Å². The average Bonchev–Trinajstić information content (AvgIpc) is 2.40. The predicted molar refractivity (Wildman–Crippen MR) is 73.2 cm³/mol. The van der Waals surface area contributed by atoms with Crippen LogP contribution in [0.15, 0.2) is 36.4 Å². The van der Waals surface area contributed by atoms with Gasteiger partial charge in [0.25, 0.3) is 0 Å². The summed E-state index contributed by atoms with van der Waals surface area (Å²) in [7, 11) is 0. The number of hydrogen-bond donors (Lipinski definition) is 2. The summed E-state index contributed by atoms with van der Waals surface area (Å²) >= 11 is 5.63. The first-order valence-electron chi connectivity index (χ1n) is 5.68. The number of nitrogens with one attached hydrogen (secondary N) is 1. The summed E-state index contributed by atoms with van der Waals surface area (Å²) in [6.07, 6.45) is 0. The molecule has 6 heteroatoms. The van der Waals surface area contributed by atoms with Crippen molar-refractivity contribution in [2.45, 2.75) is 6.61 Å². The van der Waals surface area contributed by atoms with E-state index >= 15 is 0 Å². The van der Waals surface area contributed by atoms with Crippen molar-refractivity contribution in [3.05, 3.63) is 64.2 Å². The standard InChI is InChI=1S/C14H11ClF2N2O/c15-11-2-1-3-12(13(11)17)20-7-8-4-9(14(18)19)6-10(16)5-8/h1-6H,7H2,(H3,18,19). The zero-order valence-electron chi connectivity index (χ0n) is 10.3. The van der Waals surface area contributed by atoms with Crippen LogP contribution in [0.4, 0.5) is 8.78 Å². The second-order valence-electron chi connectivity index (χ2n) is 4.10. The van der Waals surface area contributed by atoms with E-state index in [1.54, 1.807) is 6.07 Å². The second kappa shape index (κ2) is 5.88. The molecule has 0 spiro atoms. The van der Waals surface area contributed by atoms with Crippen molar-refractivity contribution in [2.75, 3.05) is 0 Å². The summed E-state index contributed by atoms with van der Waals surface area (Å²) in [6.45, 7) is -0.0602. The molecule has 20 heavy (non-hydrogen) atoms. The first-order chi connectivity index (χ1) is 9.47. The summed E-state index contributed by atoms with van der Waals surface area (Å²) in [5.41, 5.74) is 5.99. The Hall–Kier alpha value is -2.14. The van der Waals surface area contributed by atoms with Gasteiger partial charge >= 0.3 is 0 Å². The Morgan fingerprint density at radius 2 is 2.00 bits per heavy atom. The monoisotopic (exact) mass is 296 g/mol. The summed E-state index contributed by atoms with van der Waals surface area (Å²) in [5, 5.41) is 7.23. The Bertz CT molecular complexity index is 662. The molecule has 2 aromatic rings. The fourth-order valence-corrected chi connectivity index (χ4v) is 1.81. The lowest BCUT2D eigenvalue weighted by Gasteiger charge is -2.09. The van der Waals surface area contributed by atoms with E-state index in [2.05, 4.69) is 0 Å². The zero-order chi connectivity index (χ0) is 14.7. The van der Waals surface area contributed by atoms with Gasteiger partial charge in [0.1, 0.15) is 18.3 Å². The van der Waals surface area contributed by atoms with Crippen molar-refractivity contribution in [1.82, 2.24) is 0 Å². The van der Waals surface area contributed by atoms with E-state index in [1.165, 1.54) is 24.3 Å². The number of benzene rings is 2. The van der Waals surface area contributed by atoms with Crippen LogP contribution in [-0.4, -0.2) is 5.84 Å². The van der Waals surface area contributed by atoms with Gasteiger partial charge in [0.15, 0.2) is 11.6 Å². The lowest BCUT2D eigenvalue weighted by atomic mass is 10.1. The van der Waals surface area contributed by atoms with Crippen LogP contribution in [0.5, 0.6) is 5.75 Å². The van der Waals surface area contributed by atoms with E-state index in [1.807, 2.05) is 0 Å². The molecule has 3 nitrogen and oxygen atoms in total. The van der Waals surface area contributed by atoms with Crippen LogP contribution in [0, 0.1) is 17.0 Å².